The van der Waals surface area contributed by atoms with Gasteiger partial charge in [0.15, 0.2) is 0 Å². The number of rotatable bonds is 6. The smallest absolute Gasteiger partial charge is 0.132 e. The number of aromatic nitrogens is 1. The van der Waals surface area contributed by atoms with Crippen LogP contribution in [-0.2, 0) is 0 Å². The molecule has 1 aromatic heterocycles. The average molecular weight is 297 g/mol. The zero-order valence-electron chi connectivity index (χ0n) is 14.3. The van der Waals surface area contributed by atoms with Crippen molar-refractivity contribution in [2.45, 2.75) is 34.6 Å². The molecule has 0 aliphatic rings. The van der Waals surface area contributed by atoms with E-state index in [1.807, 2.05) is 83.2 Å². The summed E-state index contributed by atoms with van der Waals surface area (Å²) in [5.74, 6) is 0. The highest BCUT2D eigenvalue weighted by Gasteiger charge is 2.12. The van der Waals surface area contributed by atoms with Crippen LogP contribution in [0.15, 0.2) is 72.0 Å². The lowest BCUT2D eigenvalue weighted by molar-refractivity contribution is 0.417. The van der Waals surface area contributed by atoms with Crippen molar-refractivity contribution in [2.24, 2.45) is 0 Å². The summed E-state index contributed by atoms with van der Waals surface area (Å²) >= 11 is 0. The van der Waals surface area contributed by atoms with E-state index < -0.39 is 0 Å². The minimum Gasteiger partial charge on any atom is -0.363 e. The lowest BCUT2D eigenvalue weighted by Crippen LogP contribution is -1.88. The third kappa shape index (κ3) is 5.96. The Morgan fingerprint density at radius 3 is 2.32 bits per heavy atom. The monoisotopic (exact) mass is 297 g/mol. The summed E-state index contributed by atoms with van der Waals surface area (Å²) in [5, 5.41) is 4.12. The quantitative estimate of drug-likeness (QED) is 0.569. The van der Waals surface area contributed by atoms with Crippen molar-refractivity contribution in [3.8, 4) is 0 Å². The van der Waals surface area contributed by atoms with E-state index in [1.165, 1.54) is 0 Å². The van der Waals surface area contributed by atoms with Crippen molar-refractivity contribution in [3.05, 3.63) is 78.8 Å². The summed E-state index contributed by atoms with van der Waals surface area (Å²) in [7, 11) is 0. The summed E-state index contributed by atoms with van der Waals surface area (Å²) in [6.45, 7) is 13.7. The normalized spacial score (nSPS) is 13.0. The molecule has 0 radical (unpaired) electrons. The summed E-state index contributed by atoms with van der Waals surface area (Å²) in [4.78, 5) is 0. The van der Waals surface area contributed by atoms with Gasteiger partial charge in [0.1, 0.15) is 12.0 Å². The van der Waals surface area contributed by atoms with Gasteiger partial charge in [-0.25, -0.2) is 0 Å². The Morgan fingerprint density at radius 1 is 1.05 bits per heavy atom. The molecule has 1 rings (SSSR count). The van der Waals surface area contributed by atoms with Crippen LogP contribution in [0.25, 0.3) is 11.1 Å². The molecule has 0 unspecified atom stereocenters. The summed E-state index contributed by atoms with van der Waals surface area (Å²) in [6.07, 6.45) is 19.4. The van der Waals surface area contributed by atoms with Crippen LogP contribution in [0, 0.1) is 0 Å². The second-order valence-corrected chi connectivity index (χ2v) is 4.06. The van der Waals surface area contributed by atoms with Gasteiger partial charge < -0.3 is 4.52 Å². The van der Waals surface area contributed by atoms with Crippen LogP contribution in [-0.4, -0.2) is 5.16 Å². The highest BCUT2D eigenvalue weighted by molar-refractivity contribution is 5.85. The zero-order valence-corrected chi connectivity index (χ0v) is 14.3. The van der Waals surface area contributed by atoms with E-state index in [1.54, 1.807) is 12.3 Å². The molecule has 2 nitrogen and oxygen atoms in total. The lowest BCUT2D eigenvalue weighted by atomic mass is 10.0. The topological polar surface area (TPSA) is 26.0 Å². The van der Waals surface area contributed by atoms with E-state index in [0.29, 0.717) is 0 Å². The molecule has 0 spiro atoms. The minimum atomic E-state index is 0.833. The van der Waals surface area contributed by atoms with Gasteiger partial charge in [-0.3, -0.25) is 0 Å². The molecule has 0 aromatic carbocycles. The molecule has 0 N–H and O–H groups in total. The second kappa shape index (κ2) is 12.4. The van der Waals surface area contributed by atoms with E-state index in [2.05, 4.69) is 11.7 Å². The first-order chi connectivity index (χ1) is 10.8. The maximum absolute atomic E-state index is 5.16. The third-order valence-corrected chi connectivity index (χ3v) is 2.69. The van der Waals surface area contributed by atoms with Crippen molar-refractivity contribution in [1.29, 1.82) is 0 Å². The van der Waals surface area contributed by atoms with Crippen LogP contribution in [0.5, 0.6) is 0 Å². The Kier molecular flexibility index (Phi) is 11.1. The molecule has 22 heavy (non-hydrogen) atoms. The van der Waals surface area contributed by atoms with Gasteiger partial charge in [0, 0.05) is 11.1 Å². The van der Waals surface area contributed by atoms with E-state index in [4.69, 9.17) is 4.52 Å². The van der Waals surface area contributed by atoms with E-state index in [9.17, 15) is 0 Å². The van der Waals surface area contributed by atoms with E-state index in [0.717, 1.165) is 22.4 Å². The fourth-order valence-corrected chi connectivity index (χ4v) is 1.77. The minimum absolute atomic E-state index is 0.833. The van der Waals surface area contributed by atoms with Crippen molar-refractivity contribution >= 4 is 11.1 Å². The summed E-state index contributed by atoms with van der Waals surface area (Å²) in [5.41, 5.74) is 3.84. The predicted molar refractivity (Wildman–Crippen MR) is 98.4 cm³/mol. The van der Waals surface area contributed by atoms with Gasteiger partial charge in [0.2, 0.25) is 0 Å². The van der Waals surface area contributed by atoms with Crippen molar-refractivity contribution in [3.63, 3.8) is 0 Å². The molecular weight excluding hydrogens is 270 g/mol. The molecule has 0 saturated carbocycles. The fourth-order valence-electron chi connectivity index (χ4n) is 1.77. The van der Waals surface area contributed by atoms with Crippen LogP contribution in [0.4, 0.5) is 0 Å². The first kappa shape index (κ1) is 19.7. The van der Waals surface area contributed by atoms with Gasteiger partial charge in [-0.05, 0) is 26.3 Å². The van der Waals surface area contributed by atoms with Gasteiger partial charge in [0.05, 0.1) is 0 Å². The highest BCUT2D eigenvalue weighted by atomic mass is 16.5. The predicted octanol–water partition coefficient (Wildman–Crippen LogP) is 6.38. The van der Waals surface area contributed by atoms with Gasteiger partial charge in [0.25, 0.3) is 0 Å². The average Bonchev–Trinajstić information content (AvgIpc) is 3.02. The maximum Gasteiger partial charge on any atom is 0.132 e. The second-order valence-electron chi connectivity index (χ2n) is 4.06. The Bertz CT molecular complexity index is 581. The zero-order chi connectivity index (χ0) is 16.8. The summed E-state index contributed by atoms with van der Waals surface area (Å²) in [6, 6.07) is 0. The lowest BCUT2D eigenvalue weighted by Gasteiger charge is -2.02. The first-order valence-electron chi connectivity index (χ1n) is 7.64. The molecule has 0 fully saturated rings. The molecular formula is C20H27NO. The highest BCUT2D eigenvalue weighted by Crippen LogP contribution is 2.26. The molecule has 0 aliphatic heterocycles. The van der Waals surface area contributed by atoms with Crippen LogP contribution in [0.3, 0.4) is 0 Å². The summed E-state index contributed by atoms with van der Waals surface area (Å²) < 4.78 is 5.16. The van der Waals surface area contributed by atoms with Gasteiger partial charge >= 0.3 is 0 Å². The first-order valence-corrected chi connectivity index (χ1v) is 7.64. The fraction of sp³-hybridized carbons (Fsp3) is 0.250. The van der Waals surface area contributed by atoms with Crippen molar-refractivity contribution in [2.75, 3.05) is 0 Å². The Labute approximate surface area is 134 Å². The Morgan fingerprint density at radius 2 is 1.77 bits per heavy atom. The maximum atomic E-state index is 5.16. The Hall–Kier alpha value is -2.35. The van der Waals surface area contributed by atoms with Crippen molar-refractivity contribution < 1.29 is 4.52 Å². The Balaban J connectivity index is 0.00000211. The third-order valence-electron chi connectivity index (χ3n) is 2.69. The largest absolute Gasteiger partial charge is 0.363 e. The number of allylic oxidation sites excluding steroid dienone is 11. The molecule has 0 aliphatic carbocycles. The number of hydrogen-bond acceptors (Lipinski definition) is 2. The molecule has 1 aromatic rings. The van der Waals surface area contributed by atoms with Crippen LogP contribution >= 0.6 is 0 Å². The van der Waals surface area contributed by atoms with Gasteiger partial charge in [-0.15, -0.1) is 0 Å². The molecule has 0 saturated heterocycles. The van der Waals surface area contributed by atoms with E-state index in [-0.39, 0.29) is 0 Å². The molecule has 0 amide bonds. The van der Waals surface area contributed by atoms with Crippen LogP contribution in [0.2, 0.25) is 0 Å². The number of nitrogens with zero attached hydrogens (tertiary/aromatic N) is 1. The molecule has 118 valence electrons. The number of hydrogen-bond donors (Lipinski definition) is 0. The van der Waals surface area contributed by atoms with Crippen molar-refractivity contribution in [1.82, 2.24) is 5.16 Å². The SMILES string of the molecule is C=C/C=C(\C=C/C)c1conc1C(/C=C\C=C/C)=C/C.CC. The molecule has 0 atom stereocenters. The van der Waals surface area contributed by atoms with E-state index >= 15 is 0 Å². The van der Waals surface area contributed by atoms with Gasteiger partial charge in [-0.1, -0.05) is 80.3 Å². The standard InChI is InChI=1S/C18H21NO.C2H6/c1-5-9-10-13-15(8-4)18-17(14-20-19-18)16(11-6-2)12-7-3;1-2/h5-14H,2H2,1,3-4H3;1-2H3/b9-5-,12-7-,13-10-,15-8+,16-11+;. The van der Waals surface area contributed by atoms with Gasteiger partial charge in [-0.2, -0.15) is 0 Å². The van der Waals surface area contributed by atoms with Crippen LogP contribution in [0.1, 0.15) is 45.9 Å². The van der Waals surface area contributed by atoms with Crippen LogP contribution < -0.4 is 0 Å². The molecule has 0 bridgehead atoms. The molecule has 2 heteroatoms. The molecule has 1 heterocycles.